The van der Waals surface area contributed by atoms with Crippen LogP contribution in [0.1, 0.15) is 19.4 Å². The highest BCUT2D eigenvalue weighted by atomic mass is 35.5. The third kappa shape index (κ3) is 3.38. The fourth-order valence-electron chi connectivity index (χ4n) is 1.59. The minimum absolute atomic E-state index is 0.0506. The number of hydrogen-bond acceptors (Lipinski definition) is 4. The maximum absolute atomic E-state index is 11.4. The number of halogens is 1. The molecular weight excluding hydrogens is 252 g/mol. The lowest BCUT2D eigenvalue weighted by atomic mass is 10.1. The number of nitrogens with zero attached hydrogens (tertiary/aromatic N) is 2. The fraction of sp³-hybridized carbons (Fsp3) is 0.385. The lowest BCUT2D eigenvalue weighted by Gasteiger charge is -2.28. The van der Waals surface area contributed by atoms with Crippen molar-refractivity contribution in [2.45, 2.75) is 19.9 Å². The van der Waals surface area contributed by atoms with E-state index in [0.29, 0.717) is 16.3 Å². The summed E-state index contributed by atoms with van der Waals surface area (Å²) < 4.78 is 4.66. The zero-order valence-corrected chi connectivity index (χ0v) is 11.4. The van der Waals surface area contributed by atoms with Crippen LogP contribution in [0, 0.1) is 11.3 Å². The molecule has 0 radical (unpaired) electrons. The predicted molar refractivity (Wildman–Crippen MR) is 70.7 cm³/mol. The van der Waals surface area contributed by atoms with Crippen LogP contribution in [-0.4, -0.2) is 25.7 Å². The highest BCUT2D eigenvalue weighted by Crippen LogP contribution is 2.26. The number of benzene rings is 1. The van der Waals surface area contributed by atoms with E-state index in [1.54, 1.807) is 23.1 Å². The molecule has 1 aromatic rings. The first kappa shape index (κ1) is 14.3. The summed E-state index contributed by atoms with van der Waals surface area (Å²) in [5, 5.41) is 9.62. The van der Waals surface area contributed by atoms with Gasteiger partial charge in [-0.25, -0.2) is 0 Å². The molecule has 5 heteroatoms. The molecule has 18 heavy (non-hydrogen) atoms. The molecule has 0 aliphatic rings. The van der Waals surface area contributed by atoms with E-state index in [1.165, 1.54) is 7.11 Å². The smallest absolute Gasteiger partial charge is 0.325 e. The molecule has 0 aliphatic carbocycles. The summed E-state index contributed by atoms with van der Waals surface area (Å²) in [5.74, 6) is -0.354. The van der Waals surface area contributed by atoms with Crippen LogP contribution < -0.4 is 4.90 Å². The van der Waals surface area contributed by atoms with E-state index in [-0.39, 0.29) is 18.6 Å². The van der Waals surface area contributed by atoms with Crippen LogP contribution in [-0.2, 0) is 9.53 Å². The van der Waals surface area contributed by atoms with Crippen molar-refractivity contribution in [2.24, 2.45) is 0 Å². The third-order valence-corrected chi connectivity index (χ3v) is 2.78. The van der Waals surface area contributed by atoms with Crippen LogP contribution in [0.3, 0.4) is 0 Å². The Morgan fingerprint density at radius 1 is 1.56 bits per heavy atom. The van der Waals surface area contributed by atoms with Crippen molar-refractivity contribution in [2.75, 3.05) is 18.6 Å². The van der Waals surface area contributed by atoms with Crippen molar-refractivity contribution >= 4 is 23.3 Å². The molecule has 96 valence electrons. The van der Waals surface area contributed by atoms with Crippen molar-refractivity contribution in [3.8, 4) is 6.07 Å². The van der Waals surface area contributed by atoms with Gasteiger partial charge in [-0.2, -0.15) is 5.26 Å². The summed E-state index contributed by atoms with van der Waals surface area (Å²) in [4.78, 5) is 13.2. The molecule has 0 unspecified atom stereocenters. The van der Waals surface area contributed by atoms with E-state index < -0.39 is 0 Å². The molecule has 0 spiro atoms. The van der Waals surface area contributed by atoms with Gasteiger partial charge in [-0.15, -0.1) is 0 Å². The van der Waals surface area contributed by atoms with E-state index >= 15 is 0 Å². The quantitative estimate of drug-likeness (QED) is 0.786. The number of esters is 1. The zero-order chi connectivity index (χ0) is 13.7. The molecule has 1 aromatic carbocycles. The molecule has 0 saturated heterocycles. The average molecular weight is 267 g/mol. The lowest BCUT2D eigenvalue weighted by molar-refractivity contribution is -0.139. The molecular formula is C13H15ClN2O2. The number of nitriles is 1. The molecule has 4 nitrogen and oxygen atoms in total. The van der Waals surface area contributed by atoms with E-state index in [0.717, 1.165) is 0 Å². The largest absolute Gasteiger partial charge is 0.468 e. The molecule has 0 N–H and O–H groups in total. The van der Waals surface area contributed by atoms with Crippen molar-refractivity contribution in [3.05, 3.63) is 28.8 Å². The molecule has 0 aliphatic heterocycles. The number of hydrogen-bond donors (Lipinski definition) is 0. The molecule has 0 bridgehead atoms. The van der Waals surface area contributed by atoms with Crippen LogP contribution in [0.25, 0.3) is 0 Å². The second-order valence-corrected chi connectivity index (χ2v) is 4.51. The van der Waals surface area contributed by atoms with Gasteiger partial charge in [-0.05, 0) is 32.0 Å². The minimum atomic E-state index is -0.354. The number of ether oxygens (including phenoxy) is 1. The van der Waals surface area contributed by atoms with Gasteiger partial charge in [0.15, 0.2) is 0 Å². The summed E-state index contributed by atoms with van der Waals surface area (Å²) >= 11 is 5.94. The number of carbonyl (C=O) groups is 1. The van der Waals surface area contributed by atoms with Gasteiger partial charge in [0.1, 0.15) is 12.6 Å². The first-order valence-electron chi connectivity index (χ1n) is 5.52. The molecule has 0 saturated carbocycles. The van der Waals surface area contributed by atoms with Crippen LogP contribution in [0.2, 0.25) is 5.02 Å². The fourth-order valence-corrected chi connectivity index (χ4v) is 1.75. The van der Waals surface area contributed by atoms with Crippen molar-refractivity contribution in [1.29, 1.82) is 5.26 Å². The monoisotopic (exact) mass is 266 g/mol. The van der Waals surface area contributed by atoms with Crippen molar-refractivity contribution in [3.63, 3.8) is 0 Å². The Balaban J connectivity index is 3.17. The molecule has 0 heterocycles. The van der Waals surface area contributed by atoms with Crippen LogP contribution in [0.15, 0.2) is 18.2 Å². The topological polar surface area (TPSA) is 53.3 Å². The molecule has 0 fully saturated rings. The second kappa shape index (κ2) is 6.27. The van der Waals surface area contributed by atoms with Crippen LogP contribution in [0.5, 0.6) is 0 Å². The van der Waals surface area contributed by atoms with E-state index in [2.05, 4.69) is 10.8 Å². The van der Waals surface area contributed by atoms with Gasteiger partial charge in [0.25, 0.3) is 0 Å². The van der Waals surface area contributed by atoms with Gasteiger partial charge in [0.05, 0.1) is 18.4 Å². The van der Waals surface area contributed by atoms with E-state index in [1.807, 2.05) is 13.8 Å². The van der Waals surface area contributed by atoms with Gasteiger partial charge >= 0.3 is 5.97 Å². The molecule has 0 aromatic heterocycles. The highest BCUT2D eigenvalue weighted by Gasteiger charge is 2.18. The molecule has 1 rings (SSSR count). The van der Waals surface area contributed by atoms with Crippen LogP contribution in [0.4, 0.5) is 5.69 Å². The van der Waals surface area contributed by atoms with Gasteiger partial charge in [0.2, 0.25) is 0 Å². The maximum atomic E-state index is 11.4. The highest BCUT2D eigenvalue weighted by molar-refractivity contribution is 6.30. The maximum Gasteiger partial charge on any atom is 0.325 e. The Morgan fingerprint density at radius 2 is 2.22 bits per heavy atom. The summed E-state index contributed by atoms with van der Waals surface area (Å²) in [7, 11) is 1.34. The van der Waals surface area contributed by atoms with Gasteiger partial charge in [0, 0.05) is 11.1 Å². The Hall–Kier alpha value is -1.73. The SMILES string of the molecule is COC(=O)CN(c1cc(Cl)ccc1C#N)C(C)C. The second-order valence-electron chi connectivity index (χ2n) is 4.07. The Morgan fingerprint density at radius 3 is 2.72 bits per heavy atom. The normalized spacial score (nSPS) is 10.0. The molecule has 0 atom stereocenters. The standard InChI is InChI=1S/C13H15ClN2O2/c1-9(2)16(8-13(17)18-3)12-6-11(14)5-4-10(12)7-15/h4-6,9H,8H2,1-3H3. The Kier molecular flexibility index (Phi) is 4.99. The number of carbonyl (C=O) groups excluding carboxylic acids is 1. The van der Waals surface area contributed by atoms with E-state index in [9.17, 15) is 4.79 Å². The first-order chi connectivity index (χ1) is 8.49. The third-order valence-electron chi connectivity index (χ3n) is 2.54. The van der Waals surface area contributed by atoms with Crippen LogP contribution >= 0.6 is 11.6 Å². The van der Waals surface area contributed by atoms with Crippen molar-refractivity contribution in [1.82, 2.24) is 0 Å². The molecule has 0 amide bonds. The number of methoxy groups -OCH3 is 1. The van der Waals surface area contributed by atoms with Crippen molar-refractivity contribution < 1.29 is 9.53 Å². The van der Waals surface area contributed by atoms with Gasteiger partial charge < -0.3 is 9.64 Å². The van der Waals surface area contributed by atoms with Gasteiger partial charge in [-0.3, -0.25) is 4.79 Å². The first-order valence-corrected chi connectivity index (χ1v) is 5.90. The van der Waals surface area contributed by atoms with E-state index in [4.69, 9.17) is 16.9 Å². The predicted octanol–water partition coefficient (Wildman–Crippen LogP) is 2.60. The lowest BCUT2D eigenvalue weighted by Crippen LogP contribution is -2.36. The Labute approximate surface area is 112 Å². The minimum Gasteiger partial charge on any atom is -0.468 e. The summed E-state index contributed by atoms with van der Waals surface area (Å²) in [6, 6.07) is 7.13. The zero-order valence-electron chi connectivity index (χ0n) is 10.6. The Bertz CT molecular complexity index is 480. The number of anilines is 1. The summed E-state index contributed by atoms with van der Waals surface area (Å²) in [5.41, 5.74) is 1.13. The summed E-state index contributed by atoms with van der Waals surface area (Å²) in [6.07, 6.45) is 0. The average Bonchev–Trinajstić information content (AvgIpc) is 2.35. The van der Waals surface area contributed by atoms with Gasteiger partial charge in [-0.1, -0.05) is 11.6 Å². The summed E-state index contributed by atoms with van der Waals surface area (Å²) in [6.45, 7) is 3.96. The number of rotatable bonds is 4.